The van der Waals surface area contributed by atoms with Crippen molar-refractivity contribution in [2.45, 2.75) is 38.6 Å². The minimum absolute atomic E-state index is 0.253. The van der Waals surface area contributed by atoms with E-state index in [4.69, 9.17) is 23.2 Å². The molecule has 0 bridgehead atoms. The maximum atomic E-state index is 12.7. The average Bonchev–Trinajstić information content (AvgIpc) is 3.07. The molecule has 0 aliphatic heterocycles. The molecule has 0 saturated carbocycles. The molecule has 0 spiro atoms. The summed E-state index contributed by atoms with van der Waals surface area (Å²) in [6, 6.07) is 6.99. The molecule has 0 atom stereocenters. The van der Waals surface area contributed by atoms with E-state index in [9.17, 15) is 4.79 Å². The Morgan fingerprint density at radius 3 is 2.33 bits per heavy atom. The summed E-state index contributed by atoms with van der Waals surface area (Å²) in [5, 5.41) is 12.8. The van der Waals surface area contributed by atoms with Crippen LogP contribution in [-0.2, 0) is 5.75 Å². The molecule has 3 aromatic rings. The van der Waals surface area contributed by atoms with Gasteiger partial charge in [0.25, 0.3) is 5.91 Å². The lowest BCUT2D eigenvalue weighted by Crippen LogP contribution is -2.28. The van der Waals surface area contributed by atoms with Crippen LogP contribution in [-0.4, -0.2) is 37.4 Å². The Hall–Kier alpha value is -2.16. The van der Waals surface area contributed by atoms with E-state index in [-0.39, 0.29) is 11.6 Å². The predicted octanol–water partition coefficient (Wildman–Crippen LogP) is 4.66. The van der Waals surface area contributed by atoms with E-state index < -0.39 is 0 Å². The fourth-order valence-electron chi connectivity index (χ4n) is 2.75. The van der Waals surface area contributed by atoms with Gasteiger partial charge in [-0.2, -0.15) is 0 Å². The highest BCUT2D eigenvalue weighted by molar-refractivity contribution is 7.98. The minimum Gasteiger partial charge on any atom is -0.350 e. The fraction of sp³-hybridized carbons (Fsp3) is 0.350. The van der Waals surface area contributed by atoms with Crippen LogP contribution in [0, 0.1) is 19.8 Å². The highest BCUT2D eigenvalue weighted by Crippen LogP contribution is 2.26. The molecule has 0 aliphatic carbocycles. The van der Waals surface area contributed by atoms with Gasteiger partial charge in [-0.25, -0.2) is 14.6 Å². The summed E-state index contributed by atoms with van der Waals surface area (Å²) in [4.78, 5) is 21.7. The molecule has 0 unspecified atom stereocenters. The van der Waals surface area contributed by atoms with Crippen molar-refractivity contribution >= 4 is 40.9 Å². The van der Waals surface area contributed by atoms with Crippen molar-refractivity contribution in [1.82, 2.24) is 30.3 Å². The first kappa shape index (κ1) is 22.5. The zero-order valence-electron chi connectivity index (χ0n) is 17.1. The van der Waals surface area contributed by atoms with E-state index in [1.165, 1.54) is 11.8 Å². The van der Waals surface area contributed by atoms with E-state index in [1.807, 2.05) is 33.8 Å². The lowest BCUT2D eigenvalue weighted by Gasteiger charge is -2.10. The van der Waals surface area contributed by atoms with E-state index >= 15 is 0 Å². The average molecular weight is 465 g/mol. The summed E-state index contributed by atoms with van der Waals surface area (Å²) in [5.74, 6) is 0.432. The second kappa shape index (κ2) is 9.76. The second-order valence-electron chi connectivity index (χ2n) is 7.25. The summed E-state index contributed by atoms with van der Waals surface area (Å²) < 4.78 is 1.58. The monoisotopic (exact) mass is 464 g/mol. The lowest BCUT2D eigenvalue weighted by atomic mass is 10.2. The van der Waals surface area contributed by atoms with Gasteiger partial charge in [-0.1, -0.05) is 54.0 Å². The normalized spacial score (nSPS) is 11.2. The number of hydrogen-bond acceptors (Lipinski definition) is 6. The summed E-state index contributed by atoms with van der Waals surface area (Å²) in [7, 11) is 0. The topological polar surface area (TPSA) is 85.6 Å². The largest absolute Gasteiger partial charge is 0.350 e. The van der Waals surface area contributed by atoms with E-state index in [2.05, 4.69) is 25.6 Å². The number of nitrogens with zero attached hydrogens (tertiary/aromatic N) is 5. The molecule has 2 heterocycles. The van der Waals surface area contributed by atoms with Gasteiger partial charge in [0, 0.05) is 33.7 Å². The van der Waals surface area contributed by atoms with Gasteiger partial charge in [-0.3, -0.25) is 4.79 Å². The van der Waals surface area contributed by atoms with Gasteiger partial charge in [0.15, 0.2) is 10.9 Å². The first-order valence-corrected chi connectivity index (χ1v) is 11.1. The standard InChI is InChI=1S/C20H22Cl2N6OS/c1-11(2)9-23-19(29)18-17(10-30-20-24-12(3)5-13(4)25-20)28(27-26-18)16-7-14(21)6-15(22)8-16/h5-8,11H,9-10H2,1-4H3,(H,23,29). The summed E-state index contributed by atoms with van der Waals surface area (Å²) in [6.45, 7) is 8.44. The third-order valence-corrected chi connectivity index (χ3v) is 5.34. The molecule has 0 saturated heterocycles. The van der Waals surface area contributed by atoms with Gasteiger partial charge < -0.3 is 5.32 Å². The summed E-state index contributed by atoms with van der Waals surface area (Å²) in [6.07, 6.45) is 0. The first-order valence-electron chi connectivity index (χ1n) is 9.37. The number of halogens is 2. The number of amides is 1. The van der Waals surface area contributed by atoms with E-state index in [0.717, 1.165) is 11.4 Å². The van der Waals surface area contributed by atoms with Crippen molar-refractivity contribution in [2.24, 2.45) is 5.92 Å². The Morgan fingerprint density at radius 1 is 1.10 bits per heavy atom. The molecule has 30 heavy (non-hydrogen) atoms. The Morgan fingerprint density at radius 2 is 1.73 bits per heavy atom. The number of benzene rings is 1. The minimum atomic E-state index is -0.278. The number of hydrogen-bond donors (Lipinski definition) is 1. The molecule has 3 rings (SSSR count). The molecular weight excluding hydrogens is 443 g/mol. The van der Waals surface area contributed by atoms with Gasteiger partial charge in [-0.15, -0.1) is 5.10 Å². The van der Waals surface area contributed by atoms with Gasteiger partial charge in [-0.05, 0) is 44.0 Å². The zero-order valence-corrected chi connectivity index (χ0v) is 19.4. The SMILES string of the molecule is Cc1cc(C)nc(SCc2c(C(=O)NCC(C)C)nnn2-c2cc(Cl)cc(Cl)c2)n1. The summed E-state index contributed by atoms with van der Waals surface area (Å²) >= 11 is 13.7. The van der Waals surface area contributed by atoms with Gasteiger partial charge in [0.05, 0.1) is 11.4 Å². The smallest absolute Gasteiger partial charge is 0.273 e. The maximum Gasteiger partial charge on any atom is 0.273 e. The first-order chi connectivity index (χ1) is 14.2. The number of carbonyl (C=O) groups excluding carboxylic acids is 1. The number of rotatable bonds is 7. The van der Waals surface area contributed by atoms with E-state index in [1.54, 1.807) is 22.9 Å². The van der Waals surface area contributed by atoms with Crippen LogP contribution in [0.5, 0.6) is 0 Å². The number of nitrogens with one attached hydrogen (secondary N) is 1. The van der Waals surface area contributed by atoms with Crippen LogP contribution in [0.25, 0.3) is 5.69 Å². The van der Waals surface area contributed by atoms with Crippen molar-refractivity contribution in [3.63, 3.8) is 0 Å². The van der Waals surface area contributed by atoms with Crippen LogP contribution in [0.15, 0.2) is 29.4 Å². The van der Waals surface area contributed by atoms with Gasteiger partial charge >= 0.3 is 0 Å². The number of aryl methyl sites for hydroxylation is 2. The van der Waals surface area contributed by atoms with Crippen LogP contribution >= 0.6 is 35.0 Å². The van der Waals surface area contributed by atoms with Gasteiger partial charge in [0.1, 0.15) is 0 Å². The molecule has 0 aliphatic rings. The maximum absolute atomic E-state index is 12.7. The molecule has 1 N–H and O–H groups in total. The number of aromatic nitrogens is 5. The number of thioether (sulfide) groups is 1. The van der Waals surface area contributed by atoms with Crippen LogP contribution in [0.2, 0.25) is 10.0 Å². The fourth-order valence-corrected chi connectivity index (χ4v) is 4.20. The van der Waals surface area contributed by atoms with Crippen molar-refractivity contribution < 1.29 is 4.79 Å². The zero-order chi connectivity index (χ0) is 21.8. The van der Waals surface area contributed by atoms with Crippen molar-refractivity contribution in [3.05, 3.63) is 57.1 Å². The Balaban J connectivity index is 1.97. The molecular formula is C20H22Cl2N6OS. The molecule has 0 radical (unpaired) electrons. The van der Waals surface area contributed by atoms with Crippen LogP contribution in [0.1, 0.15) is 41.4 Å². The number of carbonyl (C=O) groups is 1. The Kier molecular flexibility index (Phi) is 7.33. The van der Waals surface area contributed by atoms with Crippen LogP contribution < -0.4 is 5.32 Å². The molecule has 1 amide bonds. The highest BCUT2D eigenvalue weighted by atomic mass is 35.5. The second-order valence-corrected chi connectivity index (χ2v) is 9.07. The van der Waals surface area contributed by atoms with Gasteiger partial charge in [0.2, 0.25) is 0 Å². The summed E-state index contributed by atoms with van der Waals surface area (Å²) in [5.41, 5.74) is 3.26. The molecule has 7 nitrogen and oxygen atoms in total. The third-order valence-electron chi connectivity index (χ3n) is 4.04. The van der Waals surface area contributed by atoms with Crippen molar-refractivity contribution in [2.75, 3.05) is 6.54 Å². The quantitative estimate of drug-likeness (QED) is 0.404. The molecule has 0 fully saturated rings. The lowest BCUT2D eigenvalue weighted by molar-refractivity contribution is 0.0943. The predicted molar refractivity (Wildman–Crippen MR) is 120 cm³/mol. The van der Waals surface area contributed by atoms with Crippen LogP contribution in [0.4, 0.5) is 0 Å². The van der Waals surface area contributed by atoms with Crippen molar-refractivity contribution in [3.8, 4) is 5.69 Å². The van der Waals surface area contributed by atoms with E-state index in [0.29, 0.717) is 44.8 Å². The molecule has 158 valence electrons. The van der Waals surface area contributed by atoms with Crippen LogP contribution in [0.3, 0.4) is 0 Å². The Bertz CT molecular complexity index is 1030. The highest BCUT2D eigenvalue weighted by Gasteiger charge is 2.22. The molecule has 2 aromatic heterocycles. The molecule has 1 aromatic carbocycles. The third kappa shape index (κ3) is 5.71. The molecule has 10 heteroatoms. The Labute approximate surface area is 189 Å². The van der Waals surface area contributed by atoms with Crippen molar-refractivity contribution in [1.29, 1.82) is 0 Å².